The van der Waals surface area contributed by atoms with Gasteiger partial charge in [-0.3, -0.25) is 56.7 Å². The van der Waals surface area contributed by atoms with E-state index in [0.29, 0.717) is 71.0 Å². The van der Waals surface area contributed by atoms with Gasteiger partial charge in [-0.1, -0.05) is 32.0 Å². The van der Waals surface area contributed by atoms with E-state index in [9.17, 15) is 24.0 Å². The van der Waals surface area contributed by atoms with Crippen molar-refractivity contribution in [3.8, 4) is 50.3 Å². The molecule has 4 amide bonds. The first-order valence-corrected chi connectivity index (χ1v) is 48.7. The Morgan fingerprint density at radius 1 is 0.382 bits per heavy atom. The fraction of sp³-hybridized carbons (Fsp3) is 0.476. The molecule has 4 fully saturated rings. The van der Waals surface area contributed by atoms with Crippen molar-refractivity contribution in [3.05, 3.63) is 200 Å². The molecule has 33 heteroatoms. The Morgan fingerprint density at radius 2 is 0.750 bits per heavy atom. The van der Waals surface area contributed by atoms with Crippen LogP contribution in [0.4, 0.5) is 46.0 Å². The summed E-state index contributed by atoms with van der Waals surface area (Å²) in [7, 11) is 7.54. The number of nitrogens with one attached hydrogen (secondary N) is 1. The second kappa shape index (κ2) is 37.6. The molecule has 20 heterocycles. The highest BCUT2D eigenvalue weighted by molar-refractivity contribution is 5.83. The van der Waals surface area contributed by atoms with Gasteiger partial charge in [0.15, 0.2) is 23.3 Å². The highest BCUT2D eigenvalue weighted by Crippen LogP contribution is 2.50. The molecule has 0 radical (unpaired) electrons. The summed E-state index contributed by atoms with van der Waals surface area (Å²) in [6.07, 6.45) is 26.1. The second-order valence-corrected chi connectivity index (χ2v) is 38.7. The molecule has 0 saturated carbocycles. The molecule has 24 rings (SSSR count). The molecule has 1 N–H and O–H groups in total. The van der Waals surface area contributed by atoms with Crippen LogP contribution in [0.15, 0.2) is 127 Å². The maximum atomic E-state index is 12.3. The Bertz CT molecular complexity index is 6380. The van der Waals surface area contributed by atoms with Crippen LogP contribution >= 0.6 is 0 Å². The van der Waals surface area contributed by atoms with Crippen molar-refractivity contribution < 1.29 is 42.9 Å². The number of H-pyrrole nitrogens is 1. The molecule has 710 valence electrons. The number of methoxy groups -OCH3 is 1. The number of hydrogen-bond donors (Lipinski definition) is 1. The zero-order valence-corrected chi connectivity index (χ0v) is 79.8. The van der Waals surface area contributed by atoms with Gasteiger partial charge in [-0.25, -0.2) is 0 Å². The average Bonchev–Trinajstić information content (AvgIpc) is 1.60. The standard InChI is InChI=1S/C26H32N6O3.2C26H32N6O2.C25H27N5O3/c1-17(33)30-9-6-23-22(15-30)26(28-32(23)20-7-10-35-16-20)31-8-4-5-18-11-21(19-13-27-29(2)14-19)25(34-3)12-24(18)31;2*1-17-6-10-31(24-5-4-19(12-22(17)24)20-13-27-29(3)14-20)26-23-15-30(18(2)33)9-7-25(23)32(28-26)21-8-11-34-16-21;1-16(31)28-10-8-23-21(13-28)25(27-30(23)20-14-33-15-20)29-9-2-3-18-11-17(4-6-22(18)29)19-5-7-24(32)26-12-19/h11-14,20H,4-10,15-16H2,1-3H3;2*4-5,12-14,17,21H,6-11,15-16H2,1-3H3;4-7,11-12,20H,2-3,8-10,13-15H2,1H3,(H,26,32)/t20-;17-,21+;17-,21-;/m010./s1. The lowest BCUT2D eigenvalue weighted by molar-refractivity contribution is -0.130. The zero-order chi connectivity index (χ0) is 93.4. The number of carbonyl (C=O) groups excluding carboxylic acids is 4. The van der Waals surface area contributed by atoms with Crippen LogP contribution in [0.2, 0.25) is 0 Å². The van der Waals surface area contributed by atoms with Gasteiger partial charge in [-0.15, -0.1) is 0 Å². The zero-order valence-electron chi connectivity index (χ0n) is 79.8. The minimum atomic E-state index is -0.0975. The van der Waals surface area contributed by atoms with Gasteiger partial charge in [0.2, 0.25) is 29.2 Å². The summed E-state index contributed by atoms with van der Waals surface area (Å²) in [5, 5.41) is 33.8. The average molecular weight is 1840 g/mol. The Balaban J connectivity index is 0.000000108. The van der Waals surface area contributed by atoms with Crippen LogP contribution in [0.25, 0.3) is 44.5 Å². The molecule has 0 spiro atoms. The molecule has 4 aromatic carbocycles. The number of ether oxygens (including phenoxy) is 5. The lowest BCUT2D eigenvalue weighted by atomic mass is 9.89. The predicted molar refractivity (Wildman–Crippen MR) is 517 cm³/mol. The van der Waals surface area contributed by atoms with Gasteiger partial charge in [0.05, 0.1) is 109 Å². The van der Waals surface area contributed by atoms with E-state index in [2.05, 4.69) is 152 Å². The topological polar surface area (TPSA) is 298 Å². The third kappa shape index (κ3) is 17.2. The minimum absolute atomic E-state index is 0.0975. The van der Waals surface area contributed by atoms with E-state index >= 15 is 0 Å². The fourth-order valence-electron chi connectivity index (χ4n) is 22.3. The number of carbonyl (C=O) groups is 4. The van der Waals surface area contributed by atoms with Gasteiger partial charge < -0.3 is 67.9 Å². The molecule has 12 aliphatic rings. The van der Waals surface area contributed by atoms with Gasteiger partial charge in [0.25, 0.3) is 0 Å². The molecule has 5 atom stereocenters. The number of aromatic nitrogens is 15. The molecule has 0 bridgehead atoms. The molecule has 0 aliphatic carbocycles. The SMILES string of the molecule is CC(=O)N1CCc2c(c(N3CCCc4cc(-c5ccc(=O)[nH]c5)ccc43)nn2C2COC2)C1.CC(=O)N1CCc2c(c(N3CC[C@@H](C)c4cc(-c5cnn(C)c5)ccc43)nn2[C@H]2CCOC2)C1.CC(=O)N1CCc2c(c(N3CC[C@H](C)c4cc(-c5cnn(C)c5)ccc43)nn2[C@H]2CCOC2)C1.COc1cc2c(cc1-c1cnn(C)c1)CCCN2c1nn([C@H]2CCOC2)c2c1CN(C(C)=O)CC2. The normalized spacial score (nSPS) is 20.4. The molecular formula is C103H123N23O10. The summed E-state index contributed by atoms with van der Waals surface area (Å²) >= 11 is 0. The van der Waals surface area contributed by atoms with E-state index in [0.717, 1.165) is 224 Å². The lowest BCUT2D eigenvalue weighted by Crippen LogP contribution is -2.37. The summed E-state index contributed by atoms with van der Waals surface area (Å²) in [6, 6.07) is 28.9. The second-order valence-electron chi connectivity index (χ2n) is 38.7. The van der Waals surface area contributed by atoms with Gasteiger partial charge in [-0.2, -0.15) is 35.7 Å². The Labute approximate surface area is 791 Å². The summed E-state index contributed by atoms with van der Waals surface area (Å²) in [4.78, 5) is 80.2. The first kappa shape index (κ1) is 89.5. The number of pyridine rings is 1. The van der Waals surface area contributed by atoms with E-state index in [1.54, 1.807) is 47.1 Å². The van der Waals surface area contributed by atoms with Crippen LogP contribution in [0.3, 0.4) is 0 Å². The Hall–Kier alpha value is -13.0. The van der Waals surface area contributed by atoms with Crippen molar-refractivity contribution >= 4 is 69.6 Å². The van der Waals surface area contributed by atoms with E-state index in [4.69, 9.17) is 44.1 Å². The molecule has 12 aliphatic heterocycles. The first-order valence-electron chi connectivity index (χ1n) is 48.7. The predicted octanol–water partition coefficient (Wildman–Crippen LogP) is 13.6. The van der Waals surface area contributed by atoms with Crippen LogP contribution in [-0.2, 0) is 124 Å². The largest absolute Gasteiger partial charge is 0.496 e. The number of aromatic amines is 1. The molecular weight excluding hydrogens is 1720 g/mol. The van der Waals surface area contributed by atoms with E-state index in [1.165, 1.54) is 95.5 Å². The van der Waals surface area contributed by atoms with Gasteiger partial charge in [-0.05, 0) is 163 Å². The van der Waals surface area contributed by atoms with Crippen molar-refractivity contribution in [2.24, 2.45) is 21.1 Å². The lowest BCUT2D eigenvalue weighted by Gasteiger charge is -2.35. The van der Waals surface area contributed by atoms with Crippen molar-refractivity contribution in [2.75, 3.05) is 132 Å². The number of fused-ring (bicyclic) bond motifs is 8. The molecule has 4 saturated heterocycles. The maximum absolute atomic E-state index is 12.3. The number of anilines is 8. The van der Waals surface area contributed by atoms with Gasteiger partial charge in [0, 0.05) is 274 Å². The van der Waals surface area contributed by atoms with Crippen LogP contribution in [0.1, 0.15) is 190 Å². The van der Waals surface area contributed by atoms with Crippen molar-refractivity contribution in [2.45, 2.75) is 187 Å². The smallest absolute Gasteiger partial charge is 0.247 e. The van der Waals surface area contributed by atoms with E-state index in [1.807, 2.05) is 85.6 Å². The molecule has 12 aromatic rings. The van der Waals surface area contributed by atoms with Crippen LogP contribution in [-0.4, -0.2) is 229 Å². The third-order valence-corrected chi connectivity index (χ3v) is 30.0. The maximum Gasteiger partial charge on any atom is 0.247 e. The first-order chi connectivity index (χ1) is 66.1. The molecule has 0 unspecified atom stereocenters. The monoisotopic (exact) mass is 1840 g/mol. The highest BCUT2D eigenvalue weighted by atomic mass is 16.5. The van der Waals surface area contributed by atoms with Crippen molar-refractivity contribution in [1.82, 2.24) is 93.0 Å². The Morgan fingerprint density at radius 3 is 1.11 bits per heavy atom. The third-order valence-electron chi connectivity index (χ3n) is 30.0. The van der Waals surface area contributed by atoms with Crippen LogP contribution < -0.4 is 29.9 Å². The number of hydrogen-bond acceptors (Lipinski definition) is 21. The number of nitrogens with zero attached hydrogens (tertiary/aromatic N) is 22. The number of rotatable bonds is 13. The van der Waals surface area contributed by atoms with E-state index in [-0.39, 0.29) is 53.4 Å². The quantitative estimate of drug-likeness (QED) is 0.112. The summed E-state index contributed by atoms with van der Waals surface area (Å²) in [5.74, 6) is 6.20. The van der Waals surface area contributed by atoms with E-state index < -0.39 is 0 Å². The van der Waals surface area contributed by atoms with Crippen molar-refractivity contribution in [3.63, 3.8) is 0 Å². The molecule has 8 aromatic heterocycles. The molecule has 33 nitrogen and oxygen atoms in total. The van der Waals surface area contributed by atoms with Crippen LogP contribution in [0, 0.1) is 0 Å². The minimum Gasteiger partial charge on any atom is -0.496 e. The van der Waals surface area contributed by atoms with Gasteiger partial charge >= 0.3 is 0 Å². The summed E-state index contributed by atoms with van der Waals surface area (Å²) in [6.45, 7) is 26.2. The number of benzene rings is 4. The number of aryl methyl sites for hydroxylation is 5. The number of amides is 4. The van der Waals surface area contributed by atoms with Crippen LogP contribution in [0.5, 0.6) is 5.75 Å². The summed E-state index contributed by atoms with van der Waals surface area (Å²) in [5.41, 5.74) is 28.5. The molecule has 136 heavy (non-hydrogen) atoms. The Kier molecular flexibility index (Phi) is 24.8. The highest BCUT2D eigenvalue weighted by Gasteiger charge is 2.42. The van der Waals surface area contributed by atoms with Gasteiger partial charge in [0.1, 0.15) is 5.75 Å². The summed E-state index contributed by atoms with van der Waals surface area (Å²) < 4.78 is 42.7. The fourth-order valence-corrected chi connectivity index (χ4v) is 22.3. The van der Waals surface area contributed by atoms with Crippen molar-refractivity contribution in [1.29, 1.82) is 0 Å².